The zero-order valence-corrected chi connectivity index (χ0v) is 22.8. The van der Waals surface area contributed by atoms with Crippen molar-refractivity contribution in [2.45, 2.75) is 101 Å². The molecule has 11 atom stereocenters. The van der Waals surface area contributed by atoms with Gasteiger partial charge in [-0.2, -0.15) is 0 Å². The zero-order valence-electron chi connectivity index (χ0n) is 22.0. The summed E-state index contributed by atoms with van der Waals surface area (Å²) in [5.41, 5.74) is -3.04. The summed E-state index contributed by atoms with van der Waals surface area (Å²) in [7, 11) is 0. The third-order valence-corrected chi connectivity index (χ3v) is 10.2. The summed E-state index contributed by atoms with van der Waals surface area (Å²) >= 11 is -1.72. The Kier molecular flexibility index (Phi) is 5.92. The van der Waals surface area contributed by atoms with Gasteiger partial charge in [-0.25, -0.2) is 4.21 Å². The first-order valence-electron chi connectivity index (χ1n) is 13.5. The van der Waals surface area contributed by atoms with Crippen molar-refractivity contribution in [2.75, 3.05) is 5.75 Å². The summed E-state index contributed by atoms with van der Waals surface area (Å²) < 4.78 is 41.4. The van der Waals surface area contributed by atoms with Crippen LogP contribution < -0.4 is 0 Å². The molecule has 0 spiro atoms. The molecule has 5 aliphatic heterocycles. The molecule has 13 heteroatoms. The van der Waals surface area contributed by atoms with Crippen LogP contribution in [-0.4, -0.2) is 91.0 Å². The third-order valence-electron chi connectivity index (χ3n) is 9.19. The van der Waals surface area contributed by atoms with E-state index < -0.39 is 106 Å². The van der Waals surface area contributed by atoms with Crippen LogP contribution in [0.3, 0.4) is 0 Å². The fourth-order valence-electron chi connectivity index (χ4n) is 7.19. The van der Waals surface area contributed by atoms with Gasteiger partial charge in [-0.15, -0.1) is 0 Å². The maximum absolute atomic E-state index is 13.9. The lowest BCUT2D eigenvalue weighted by atomic mass is 9.66. The molecule has 2 bridgehead atoms. The van der Waals surface area contributed by atoms with E-state index in [2.05, 4.69) is 0 Å². The van der Waals surface area contributed by atoms with E-state index in [1.807, 2.05) is 0 Å². The Labute approximate surface area is 231 Å². The van der Waals surface area contributed by atoms with Crippen molar-refractivity contribution >= 4 is 22.6 Å². The lowest BCUT2D eigenvalue weighted by Gasteiger charge is -2.54. The second kappa shape index (κ2) is 8.88. The van der Waals surface area contributed by atoms with Crippen LogP contribution in [0.1, 0.15) is 78.0 Å². The van der Waals surface area contributed by atoms with Crippen LogP contribution in [0.25, 0.3) is 0 Å². The van der Waals surface area contributed by atoms with Gasteiger partial charge in [-0.05, 0) is 27.2 Å². The molecule has 2 aliphatic carbocycles. The van der Waals surface area contributed by atoms with Crippen LogP contribution in [0.15, 0.2) is 11.1 Å². The number of ether oxygens (including phenoxy) is 4. The van der Waals surface area contributed by atoms with E-state index in [1.54, 1.807) is 20.8 Å². The first kappa shape index (κ1) is 26.7. The molecule has 12 nitrogen and oxygen atoms in total. The SMILES string of the molecule is CC1OC2CS(=O)OC2C2=C1C(=O)c1c(O)c3c(c(O)c1C2=O)C1CC(OC2CCC(O)C(C)O2)C3(O)C(C)O1. The molecule has 7 aliphatic rings. The van der Waals surface area contributed by atoms with E-state index in [1.165, 1.54) is 0 Å². The predicted molar refractivity (Wildman–Crippen MR) is 134 cm³/mol. The zero-order chi connectivity index (χ0) is 28.4. The van der Waals surface area contributed by atoms with Gasteiger partial charge >= 0.3 is 0 Å². The number of rotatable bonds is 2. The highest BCUT2D eigenvalue weighted by molar-refractivity contribution is 7.80. The third kappa shape index (κ3) is 3.40. The molecule has 3 saturated heterocycles. The second-order valence-electron chi connectivity index (χ2n) is 11.4. The monoisotopic (exact) mass is 578 g/mol. The topological polar surface area (TPSA) is 178 Å². The number of ketones is 2. The van der Waals surface area contributed by atoms with Crippen molar-refractivity contribution in [1.29, 1.82) is 0 Å². The number of benzene rings is 1. The average Bonchev–Trinajstić information content (AvgIpc) is 3.26. The van der Waals surface area contributed by atoms with Crippen LogP contribution >= 0.6 is 0 Å². The van der Waals surface area contributed by atoms with E-state index in [4.69, 9.17) is 23.1 Å². The maximum atomic E-state index is 13.9. The van der Waals surface area contributed by atoms with E-state index in [0.717, 1.165) is 0 Å². The molecule has 0 amide bonds. The largest absolute Gasteiger partial charge is 0.507 e. The molecule has 8 rings (SSSR count). The summed E-state index contributed by atoms with van der Waals surface area (Å²) in [5.74, 6) is -2.65. The van der Waals surface area contributed by atoms with E-state index in [0.29, 0.717) is 12.8 Å². The van der Waals surface area contributed by atoms with E-state index >= 15 is 0 Å². The summed E-state index contributed by atoms with van der Waals surface area (Å²) in [4.78, 5) is 27.8. The molecule has 216 valence electrons. The smallest absolute Gasteiger partial charge is 0.196 e. The van der Waals surface area contributed by atoms with Crippen LogP contribution in [0.4, 0.5) is 0 Å². The minimum Gasteiger partial charge on any atom is -0.507 e. The number of hydrogen-bond acceptors (Lipinski definition) is 12. The molecular formula is C27H30O12S. The second-order valence-corrected chi connectivity index (χ2v) is 12.5. The number of phenolic OH excluding ortho intramolecular Hbond substituents is 2. The van der Waals surface area contributed by atoms with Crippen LogP contribution in [0, 0.1) is 0 Å². The number of hydrogen-bond donors (Lipinski definition) is 4. The molecule has 0 radical (unpaired) electrons. The number of carbonyl (C=O) groups excluding carboxylic acids is 2. The molecular weight excluding hydrogens is 548 g/mol. The fourth-order valence-corrected chi connectivity index (χ4v) is 8.24. The Bertz CT molecular complexity index is 1400. The van der Waals surface area contributed by atoms with Gasteiger partial charge in [-0.1, -0.05) is 0 Å². The number of aliphatic hydroxyl groups excluding tert-OH is 1. The van der Waals surface area contributed by atoms with Crippen LogP contribution in [0.5, 0.6) is 11.5 Å². The van der Waals surface area contributed by atoms with Gasteiger partial charge in [0, 0.05) is 35.1 Å². The highest BCUT2D eigenvalue weighted by Gasteiger charge is 2.62. The van der Waals surface area contributed by atoms with Crippen molar-refractivity contribution in [1.82, 2.24) is 0 Å². The first-order valence-corrected chi connectivity index (χ1v) is 14.7. The summed E-state index contributed by atoms with van der Waals surface area (Å²) in [5, 5.41) is 45.3. The predicted octanol–water partition coefficient (Wildman–Crippen LogP) is 0.945. The highest BCUT2D eigenvalue weighted by atomic mass is 32.2. The normalized spacial score (nSPS) is 43.8. The molecule has 4 N–H and O–H groups in total. The average molecular weight is 579 g/mol. The quantitative estimate of drug-likeness (QED) is 0.366. The Morgan fingerprint density at radius 1 is 0.975 bits per heavy atom. The number of Topliss-reactive ketones (excluding diaryl/α,β-unsaturated/α-hetero) is 2. The summed E-state index contributed by atoms with van der Waals surface area (Å²) in [6.45, 7) is 4.89. The minimum atomic E-state index is -2.01. The van der Waals surface area contributed by atoms with Gasteiger partial charge < -0.3 is 39.4 Å². The fraction of sp³-hybridized carbons (Fsp3) is 0.630. The van der Waals surface area contributed by atoms with E-state index in [9.17, 15) is 34.2 Å². The molecule has 40 heavy (non-hydrogen) atoms. The molecule has 1 aromatic carbocycles. The number of phenols is 2. The van der Waals surface area contributed by atoms with Gasteiger partial charge in [0.1, 0.15) is 29.3 Å². The molecule has 3 fully saturated rings. The molecule has 0 saturated carbocycles. The van der Waals surface area contributed by atoms with Crippen LogP contribution in [-0.2, 0) is 39.8 Å². The maximum Gasteiger partial charge on any atom is 0.196 e. The van der Waals surface area contributed by atoms with Crippen molar-refractivity contribution < 1.29 is 57.4 Å². The Hall–Kier alpha value is -2.23. The minimum absolute atomic E-state index is 0.0165. The van der Waals surface area contributed by atoms with Gasteiger partial charge in [-0.3, -0.25) is 13.8 Å². The number of aliphatic hydroxyl groups is 2. The van der Waals surface area contributed by atoms with Crippen molar-refractivity contribution in [3.8, 4) is 11.5 Å². The van der Waals surface area contributed by atoms with Gasteiger partial charge in [0.15, 0.2) is 28.9 Å². The molecule has 0 aromatic heterocycles. The lowest BCUT2D eigenvalue weighted by Crippen LogP contribution is -2.60. The molecule has 5 heterocycles. The van der Waals surface area contributed by atoms with Gasteiger partial charge in [0.2, 0.25) is 0 Å². The lowest BCUT2D eigenvalue weighted by molar-refractivity contribution is -0.311. The summed E-state index contributed by atoms with van der Waals surface area (Å²) in [6, 6.07) is 0. The Balaban J connectivity index is 1.35. The van der Waals surface area contributed by atoms with Crippen LogP contribution in [0.2, 0.25) is 0 Å². The Morgan fingerprint density at radius 3 is 2.40 bits per heavy atom. The number of fused-ring (bicyclic) bond motifs is 5. The van der Waals surface area contributed by atoms with Gasteiger partial charge in [0.05, 0.1) is 53.5 Å². The van der Waals surface area contributed by atoms with E-state index in [-0.39, 0.29) is 34.4 Å². The summed E-state index contributed by atoms with van der Waals surface area (Å²) in [6.07, 6.45) is -6.33. The first-order chi connectivity index (χ1) is 18.9. The van der Waals surface area contributed by atoms with Gasteiger partial charge in [0.25, 0.3) is 0 Å². The Morgan fingerprint density at radius 2 is 1.68 bits per heavy atom. The standard InChI is InChI=1S/C27H30O12S/c1-8-11(28)4-5-15(36-8)38-14-6-12-17-21(27(14,33)10(3)37-12)25(32)19-18(23(17)30)24(31)20-16(22(19)29)9(2)35-13-7-40(34)39-26(13)20/h8-15,26,28,30,32-33H,4-7H2,1-3H3. The van der Waals surface area contributed by atoms with Crippen molar-refractivity contribution in [2.24, 2.45) is 0 Å². The molecule has 11 unspecified atom stereocenters. The number of carbonyl (C=O) groups is 2. The number of aromatic hydroxyl groups is 2. The van der Waals surface area contributed by atoms with Crippen molar-refractivity contribution in [3.63, 3.8) is 0 Å². The van der Waals surface area contributed by atoms with Crippen molar-refractivity contribution in [3.05, 3.63) is 33.4 Å². The molecule has 1 aromatic rings. The highest BCUT2D eigenvalue weighted by Crippen LogP contribution is 2.60.